The van der Waals surface area contributed by atoms with Crippen molar-refractivity contribution in [2.45, 2.75) is 43.6 Å². The lowest BCUT2D eigenvalue weighted by molar-refractivity contribution is -0.155. The van der Waals surface area contributed by atoms with E-state index in [1.165, 1.54) is 31.2 Å². The van der Waals surface area contributed by atoms with E-state index in [0.717, 1.165) is 22.5 Å². The largest absolute Gasteiger partial charge is 0.489 e. The lowest BCUT2D eigenvalue weighted by atomic mass is 10.1. The molecule has 0 bridgehead atoms. The van der Waals surface area contributed by atoms with E-state index in [4.69, 9.17) is 9.47 Å². The highest BCUT2D eigenvalue weighted by atomic mass is 32.2. The molecule has 0 unspecified atom stereocenters. The first-order valence-electron chi connectivity index (χ1n) is 9.16. The van der Waals surface area contributed by atoms with E-state index in [1.807, 2.05) is 0 Å². The number of rotatable bonds is 6. The number of carbonyl (C=O) groups is 1. The van der Waals surface area contributed by atoms with E-state index in [0.29, 0.717) is 0 Å². The smallest absolute Gasteiger partial charge is 0.324 e. The molecule has 1 aliphatic heterocycles. The lowest BCUT2D eigenvalue weighted by Crippen LogP contribution is -2.58. The summed E-state index contributed by atoms with van der Waals surface area (Å²) in [5.74, 6) is -2.45. The highest BCUT2D eigenvalue weighted by Crippen LogP contribution is 2.27. The molecule has 3 rings (SSSR count). The third kappa shape index (κ3) is 4.77. The molecule has 1 heterocycles. The summed E-state index contributed by atoms with van der Waals surface area (Å²) in [4.78, 5) is 11.5. The van der Waals surface area contributed by atoms with Crippen molar-refractivity contribution in [3.05, 3.63) is 59.7 Å². The van der Waals surface area contributed by atoms with Gasteiger partial charge >= 0.3 is 5.97 Å². The Bertz CT molecular complexity index is 1010. The third-order valence-electron chi connectivity index (χ3n) is 4.65. The van der Waals surface area contributed by atoms with E-state index in [9.17, 15) is 27.1 Å². The van der Waals surface area contributed by atoms with Crippen molar-refractivity contribution >= 4 is 16.0 Å². The first-order chi connectivity index (χ1) is 14.1. The average Bonchev–Trinajstić information content (AvgIpc) is 2.65. The lowest BCUT2D eigenvalue weighted by Gasteiger charge is -2.39. The molecule has 0 aliphatic carbocycles. The maximum absolute atomic E-state index is 13.2. The quantitative estimate of drug-likeness (QED) is 0.741. The van der Waals surface area contributed by atoms with Crippen LogP contribution in [0.4, 0.5) is 8.78 Å². The van der Waals surface area contributed by atoms with Gasteiger partial charge in [0.2, 0.25) is 10.0 Å². The molecular weight excluding hydrogens is 420 g/mol. The van der Waals surface area contributed by atoms with Crippen LogP contribution >= 0.6 is 0 Å². The summed E-state index contributed by atoms with van der Waals surface area (Å²) >= 11 is 0. The SMILES string of the molecule is C[C@@H]1O[C@@H](C)CN(S(=O)(=O)c2ccc(OCc3cc(F)cc(F)c3)cc2)[C@H]1C(=O)O. The van der Waals surface area contributed by atoms with E-state index in [2.05, 4.69) is 0 Å². The highest BCUT2D eigenvalue weighted by molar-refractivity contribution is 7.89. The summed E-state index contributed by atoms with van der Waals surface area (Å²) in [6.07, 6.45) is -1.27. The Labute approximate surface area is 172 Å². The standard InChI is InChI=1S/C20H21F2NO6S/c1-12-10-23(19(20(24)25)13(2)29-12)30(26,27)18-5-3-17(4-6-18)28-11-14-7-15(21)9-16(22)8-14/h3-9,12-13,19H,10-11H2,1-2H3,(H,24,25)/t12-,13-,19+/m0/s1. The van der Waals surface area contributed by atoms with Gasteiger partial charge in [0.05, 0.1) is 17.1 Å². The average molecular weight is 441 g/mol. The van der Waals surface area contributed by atoms with Crippen LogP contribution in [-0.4, -0.2) is 48.6 Å². The normalized spacial score (nSPS) is 22.6. The number of sulfonamides is 1. The van der Waals surface area contributed by atoms with Crippen molar-refractivity contribution < 1.29 is 36.6 Å². The van der Waals surface area contributed by atoms with Gasteiger partial charge in [0.25, 0.3) is 0 Å². The van der Waals surface area contributed by atoms with E-state index >= 15 is 0 Å². The maximum Gasteiger partial charge on any atom is 0.324 e. The van der Waals surface area contributed by atoms with Crippen LogP contribution in [0.25, 0.3) is 0 Å². The zero-order valence-electron chi connectivity index (χ0n) is 16.3. The van der Waals surface area contributed by atoms with Gasteiger partial charge in [0.1, 0.15) is 30.0 Å². The van der Waals surface area contributed by atoms with E-state index in [1.54, 1.807) is 6.92 Å². The monoisotopic (exact) mass is 441 g/mol. The summed E-state index contributed by atoms with van der Waals surface area (Å²) in [6, 6.07) is 7.05. The van der Waals surface area contributed by atoms with Crippen LogP contribution in [0.3, 0.4) is 0 Å². The van der Waals surface area contributed by atoms with Crippen LogP contribution < -0.4 is 4.74 Å². The summed E-state index contributed by atoms with van der Waals surface area (Å²) < 4.78 is 64.4. The second-order valence-electron chi connectivity index (χ2n) is 7.05. The van der Waals surface area contributed by atoms with Crippen molar-refractivity contribution in [2.24, 2.45) is 0 Å². The van der Waals surface area contributed by atoms with Gasteiger partial charge < -0.3 is 14.6 Å². The fraction of sp³-hybridized carbons (Fsp3) is 0.350. The molecular formula is C20H21F2NO6S. The van der Waals surface area contributed by atoms with Gasteiger partial charge in [0.15, 0.2) is 0 Å². The molecule has 0 radical (unpaired) electrons. The number of hydrogen-bond acceptors (Lipinski definition) is 5. The van der Waals surface area contributed by atoms with Gasteiger partial charge in [-0.05, 0) is 55.8 Å². The first kappa shape index (κ1) is 22.1. The minimum Gasteiger partial charge on any atom is -0.489 e. The van der Waals surface area contributed by atoms with Crippen LogP contribution in [0, 0.1) is 11.6 Å². The molecule has 1 N–H and O–H groups in total. The van der Waals surface area contributed by atoms with Crippen molar-refractivity contribution in [3.8, 4) is 5.75 Å². The molecule has 7 nitrogen and oxygen atoms in total. The molecule has 30 heavy (non-hydrogen) atoms. The number of ether oxygens (including phenoxy) is 2. The molecule has 162 valence electrons. The number of halogens is 2. The molecule has 0 spiro atoms. The number of benzene rings is 2. The van der Waals surface area contributed by atoms with Gasteiger partial charge in [-0.25, -0.2) is 17.2 Å². The summed E-state index contributed by atoms with van der Waals surface area (Å²) in [6.45, 7) is 2.99. The Morgan fingerprint density at radius 1 is 1.17 bits per heavy atom. The van der Waals surface area contributed by atoms with Gasteiger partial charge in [-0.15, -0.1) is 0 Å². The van der Waals surface area contributed by atoms with Gasteiger partial charge in [-0.1, -0.05) is 0 Å². The van der Waals surface area contributed by atoms with Gasteiger partial charge in [0, 0.05) is 12.6 Å². The summed E-state index contributed by atoms with van der Waals surface area (Å²) in [5, 5.41) is 9.48. The molecule has 2 aromatic carbocycles. The molecule has 3 atom stereocenters. The molecule has 0 aromatic heterocycles. The number of nitrogens with zero attached hydrogens (tertiary/aromatic N) is 1. The second kappa shape index (κ2) is 8.66. The van der Waals surface area contributed by atoms with Crippen LogP contribution in [0.5, 0.6) is 5.75 Å². The topological polar surface area (TPSA) is 93.1 Å². The predicted octanol–water partition coefficient (Wildman–Crippen LogP) is 2.79. The van der Waals surface area contributed by atoms with Crippen LogP contribution in [0.1, 0.15) is 19.4 Å². The summed E-state index contributed by atoms with van der Waals surface area (Å²) in [5.41, 5.74) is 0.282. The molecule has 10 heteroatoms. The zero-order valence-corrected chi connectivity index (χ0v) is 17.1. The van der Waals surface area contributed by atoms with Crippen molar-refractivity contribution in [3.63, 3.8) is 0 Å². The van der Waals surface area contributed by atoms with Crippen LogP contribution in [0.2, 0.25) is 0 Å². The van der Waals surface area contributed by atoms with Crippen molar-refractivity contribution in [1.29, 1.82) is 0 Å². The van der Waals surface area contributed by atoms with E-state index in [-0.39, 0.29) is 29.4 Å². The Balaban J connectivity index is 1.77. The number of carboxylic acids is 1. The number of morpholine rings is 1. The Kier molecular flexibility index (Phi) is 6.39. The van der Waals surface area contributed by atoms with E-state index < -0.39 is 45.9 Å². The number of aliphatic carboxylic acids is 1. The fourth-order valence-corrected chi connectivity index (χ4v) is 5.08. The number of carboxylic acid groups (broad SMARTS) is 1. The van der Waals surface area contributed by atoms with Crippen LogP contribution in [-0.2, 0) is 26.2 Å². The number of hydrogen-bond donors (Lipinski definition) is 1. The molecule has 0 saturated carbocycles. The predicted molar refractivity (Wildman–Crippen MR) is 102 cm³/mol. The van der Waals surface area contributed by atoms with Crippen LogP contribution in [0.15, 0.2) is 47.4 Å². The third-order valence-corrected chi connectivity index (χ3v) is 6.51. The van der Waals surface area contributed by atoms with Crippen molar-refractivity contribution in [2.75, 3.05) is 6.54 Å². The zero-order chi connectivity index (χ0) is 22.1. The highest BCUT2D eigenvalue weighted by Gasteiger charge is 2.44. The Morgan fingerprint density at radius 2 is 1.77 bits per heavy atom. The summed E-state index contributed by atoms with van der Waals surface area (Å²) in [7, 11) is -4.10. The minimum absolute atomic E-state index is 0.0903. The minimum atomic E-state index is -4.10. The first-order valence-corrected chi connectivity index (χ1v) is 10.6. The molecule has 1 saturated heterocycles. The molecule has 1 fully saturated rings. The maximum atomic E-state index is 13.2. The molecule has 2 aromatic rings. The van der Waals surface area contributed by atoms with Gasteiger partial charge in [-0.2, -0.15) is 4.31 Å². The Morgan fingerprint density at radius 3 is 2.33 bits per heavy atom. The Hall–Kier alpha value is -2.56. The van der Waals surface area contributed by atoms with Gasteiger partial charge in [-0.3, -0.25) is 4.79 Å². The fourth-order valence-electron chi connectivity index (χ4n) is 3.36. The second-order valence-corrected chi connectivity index (χ2v) is 8.94. The van der Waals surface area contributed by atoms with Crippen molar-refractivity contribution in [1.82, 2.24) is 4.31 Å². The molecule has 1 aliphatic rings. The molecule has 0 amide bonds.